The minimum absolute atomic E-state index is 0.207. The van der Waals surface area contributed by atoms with Crippen LogP contribution in [-0.4, -0.2) is 47.0 Å². The Morgan fingerprint density at radius 3 is 2.27 bits per heavy atom. The van der Waals surface area contributed by atoms with Crippen molar-refractivity contribution < 1.29 is 9.90 Å². The molecule has 4 atom stereocenters. The monoisotopic (exact) mass is 468 g/mol. The predicted octanol–water partition coefficient (Wildman–Crippen LogP) is 3.60. The smallest absolute Gasteiger partial charge is 0.309 e. The molecule has 1 aliphatic heterocycles. The molecule has 2 heterocycles. The third-order valence-electron chi connectivity index (χ3n) is 8.58. The summed E-state index contributed by atoms with van der Waals surface area (Å²) in [5.74, 6) is -0.0193. The largest absolute Gasteiger partial charge is 0.481 e. The van der Waals surface area contributed by atoms with E-state index in [1.54, 1.807) is 10.9 Å². The fourth-order valence-corrected chi connectivity index (χ4v) is 7.79. The fourth-order valence-electron chi connectivity index (χ4n) is 7.54. The number of carboxylic acids is 1. The van der Waals surface area contributed by atoms with Gasteiger partial charge >= 0.3 is 5.97 Å². The summed E-state index contributed by atoms with van der Waals surface area (Å²) in [6.07, 6.45) is 6.41. The summed E-state index contributed by atoms with van der Waals surface area (Å²) in [6, 6.07) is 10.3. The molecule has 174 valence electrons. The summed E-state index contributed by atoms with van der Waals surface area (Å²) in [5, 5.41) is 14.9. The molecule has 4 aliphatic carbocycles. The SMILES string of the molecule is O=C(O)C12C[C@H]3C[C@@H](C1)CC(n1ncc(N4CCN(c5ccccc5)CC4)c(Cl)c1=O)(C3)C2. The van der Waals surface area contributed by atoms with Gasteiger partial charge in [0, 0.05) is 31.9 Å². The summed E-state index contributed by atoms with van der Waals surface area (Å²) in [5.41, 5.74) is 0.370. The second-order valence-corrected chi connectivity index (χ2v) is 11.0. The van der Waals surface area contributed by atoms with Crippen LogP contribution >= 0.6 is 11.6 Å². The zero-order valence-electron chi connectivity index (χ0n) is 18.6. The van der Waals surface area contributed by atoms with E-state index in [0.717, 1.165) is 58.3 Å². The standard InChI is InChI=1S/C25H29ClN4O3/c26-21-20(29-8-6-28(7-9-29)19-4-2-1-3-5-19)15-27-30(22(21)31)25-13-17-10-18(14-25)12-24(11-17,16-25)23(32)33/h1-5,15,17-18H,6-14,16H2,(H,32,33)/t17-,18+,24?,25?. The molecule has 4 bridgehead atoms. The average Bonchev–Trinajstić information content (AvgIpc) is 2.80. The van der Waals surface area contributed by atoms with Gasteiger partial charge in [-0.15, -0.1) is 0 Å². The van der Waals surface area contributed by atoms with Crippen molar-refractivity contribution in [2.45, 2.75) is 44.1 Å². The molecule has 2 unspecified atom stereocenters. The lowest BCUT2D eigenvalue weighted by molar-refractivity contribution is -0.173. The zero-order chi connectivity index (χ0) is 22.8. The first-order valence-electron chi connectivity index (χ1n) is 12.0. The van der Waals surface area contributed by atoms with Gasteiger partial charge in [-0.2, -0.15) is 5.10 Å². The van der Waals surface area contributed by atoms with Gasteiger partial charge in [-0.3, -0.25) is 9.59 Å². The number of benzene rings is 1. The number of hydrogen-bond acceptors (Lipinski definition) is 5. The number of anilines is 2. The summed E-state index contributed by atoms with van der Waals surface area (Å²) < 4.78 is 1.56. The molecule has 7 nitrogen and oxygen atoms in total. The zero-order valence-corrected chi connectivity index (χ0v) is 19.4. The molecule has 7 rings (SSSR count). The van der Waals surface area contributed by atoms with E-state index in [0.29, 0.717) is 23.9 Å². The van der Waals surface area contributed by atoms with Crippen molar-refractivity contribution in [1.82, 2.24) is 9.78 Å². The van der Waals surface area contributed by atoms with Crippen molar-refractivity contribution in [1.29, 1.82) is 0 Å². The molecular formula is C25H29ClN4O3. The Labute approximate surface area is 197 Å². The van der Waals surface area contributed by atoms with Crippen molar-refractivity contribution in [2.24, 2.45) is 17.3 Å². The topological polar surface area (TPSA) is 78.7 Å². The molecule has 0 amide bonds. The first-order valence-corrected chi connectivity index (χ1v) is 12.3. The highest BCUT2D eigenvalue weighted by Crippen LogP contribution is 2.63. The molecule has 1 N–H and O–H groups in total. The van der Waals surface area contributed by atoms with Crippen molar-refractivity contribution in [3.8, 4) is 0 Å². The molecule has 1 saturated heterocycles. The van der Waals surface area contributed by atoms with Crippen LogP contribution in [0.2, 0.25) is 5.02 Å². The fraction of sp³-hybridized carbons (Fsp3) is 0.560. The van der Waals surface area contributed by atoms with Gasteiger partial charge in [0.05, 0.1) is 22.8 Å². The number of carbonyl (C=O) groups is 1. The molecule has 8 heteroatoms. The molecule has 5 aliphatic rings. The molecule has 1 aromatic carbocycles. The molecule has 5 fully saturated rings. The normalized spacial score (nSPS) is 32.9. The van der Waals surface area contributed by atoms with Gasteiger partial charge in [0.25, 0.3) is 5.56 Å². The van der Waals surface area contributed by atoms with Crippen LogP contribution in [-0.2, 0) is 10.3 Å². The Morgan fingerprint density at radius 1 is 1.00 bits per heavy atom. The molecule has 0 radical (unpaired) electrons. The lowest BCUT2D eigenvalue weighted by Gasteiger charge is -2.60. The number of para-hydroxylation sites is 1. The second-order valence-electron chi connectivity index (χ2n) is 10.6. The molecule has 4 saturated carbocycles. The minimum atomic E-state index is -0.718. The predicted molar refractivity (Wildman–Crippen MR) is 127 cm³/mol. The van der Waals surface area contributed by atoms with Crippen LogP contribution in [0.1, 0.15) is 38.5 Å². The van der Waals surface area contributed by atoms with Crippen LogP contribution in [0, 0.1) is 17.3 Å². The molecule has 33 heavy (non-hydrogen) atoms. The molecule has 1 aromatic heterocycles. The van der Waals surface area contributed by atoms with Crippen molar-refractivity contribution in [3.05, 3.63) is 51.9 Å². The van der Waals surface area contributed by atoms with Crippen molar-refractivity contribution >= 4 is 28.9 Å². The summed E-state index contributed by atoms with van der Waals surface area (Å²) >= 11 is 6.68. The number of hydrogen-bond donors (Lipinski definition) is 1. The van der Waals surface area contributed by atoms with Gasteiger partial charge in [-0.05, 0) is 62.5 Å². The Morgan fingerprint density at radius 2 is 1.64 bits per heavy atom. The van der Waals surface area contributed by atoms with E-state index in [2.05, 4.69) is 27.0 Å². The Balaban J connectivity index is 1.27. The number of rotatable bonds is 4. The summed E-state index contributed by atoms with van der Waals surface area (Å²) in [4.78, 5) is 30.2. The number of aromatic nitrogens is 2. The minimum Gasteiger partial charge on any atom is -0.481 e. The maximum atomic E-state index is 13.5. The Kier molecular flexibility index (Phi) is 4.77. The Hall–Kier alpha value is -2.54. The van der Waals surface area contributed by atoms with E-state index in [9.17, 15) is 14.7 Å². The number of aliphatic carboxylic acids is 1. The van der Waals surface area contributed by atoms with E-state index in [1.807, 2.05) is 18.2 Å². The third kappa shape index (κ3) is 3.27. The van der Waals surface area contributed by atoms with Crippen LogP contribution < -0.4 is 15.4 Å². The van der Waals surface area contributed by atoms with E-state index in [-0.39, 0.29) is 10.6 Å². The molecule has 2 aromatic rings. The van der Waals surface area contributed by atoms with Crippen molar-refractivity contribution in [2.75, 3.05) is 36.0 Å². The highest BCUT2D eigenvalue weighted by atomic mass is 35.5. The van der Waals surface area contributed by atoms with E-state index in [4.69, 9.17) is 11.6 Å². The molecule has 0 spiro atoms. The van der Waals surface area contributed by atoms with E-state index < -0.39 is 16.9 Å². The first-order chi connectivity index (χ1) is 15.9. The first kappa shape index (κ1) is 21.0. The maximum Gasteiger partial charge on any atom is 0.309 e. The lowest BCUT2D eigenvalue weighted by atomic mass is 9.47. The summed E-state index contributed by atoms with van der Waals surface area (Å²) in [6.45, 7) is 3.21. The lowest BCUT2D eigenvalue weighted by Crippen LogP contribution is -2.61. The van der Waals surface area contributed by atoms with Crippen LogP contribution in [0.15, 0.2) is 41.3 Å². The highest BCUT2D eigenvalue weighted by Gasteiger charge is 2.62. The van der Waals surface area contributed by atoms with Crippen LogP contribution in [0.4, 0.5) is 11.4 Å². The maximum absolute atomic E-state index is 13.5. The van der Waals surface area contributed by atoms with Gasteiger partial charge < -0.3 is 14.9 Å². The third-order valence-corrected chi connectivity index (χ3v) is 8.93. The van der Waals surface area contributed by atoms with Gasteiger partial charge in [0.1, 0.15) is 5.02 Å². The van der Waals surface area contributed by atoms with Gasteiger partial charge in [-0.25, -0.2) is 4.68 Å². The van der Waals surface area contributed by atoms with Crippen LogP contribution in [0.5, 0.6) is 0 Å². The molecular weight excluding hydrogens is 440 g/mol. The average molecular weight is 469 g/mol. The number of piperazine rings is 1. The highest BCUT2D eigenvalue weighted by molar-refractivity contribution is 6.33. The number of nitrogens with zero attached hydrogens (tertiary/aromatic N) is 4. The number of carboxylic acid groups (broad SMARTS) is 1. The van der Waals surface area contributed by atoms with Crippen LogP contribution in [0.3, 0.4) is 0 Å². The van der Waals surface area contributed by atoms with Crippen LogP contribution in [0.25, 0.3) is 0 Å². The van der Waals surface area contributed by atoms with E-state index >= 15 is 0 Å². The summed E-state index contributed by atoms with van der Waals surface area (Å²) in [7, 11) is 0. The van der Waals surface area contributed by atoms with Gasteiger partial charge in [0.15, 0.2) is 0 Å². The van der Waals surface area contributed by atoms with E-state index in [1.165, 1.54) is 5.69 Å². The van der Waals surface area contributed by atoms with Gasteiger partial charge in [-0.1, -0.05) is 29.8 Å². The number of halogens is 1. The van der Waals surface area contributed by atoms with Crippen molar-refractivity contribution in [3.63, 3.8) is 0 Å². The Bertz CT molecular complexity index is 1130. The van der Waals surface area contributed by atoms with Gasteiger partial charge in [0.2, 0.25) is 0 Å². The second kappa shape index (κ2) is 7.49. The quantitative estimate of drug-likeness (QED) is 0.738.